The Morgan fingerprint density at radius 2 is 1.81 bits per heavy atom. The van der Waals surface area contributed by atoms with E-state index >= 15 is 0 Å². The Morgan fingerprint density at radius 1 is 1.14 bits per heavy atom. The normalized spacial score (nSPS) is 10.2. The Kier molecular flexibility index (Phi) is 4.94. The van der Waals surface area contributed by atoms with Crippen molar-refractivity contribution in [3.8, 4) is 11.5 Å². The van der Waals surface area contributed by atoms with E-state index in [-0.39, 0.29) is 0 Å². The molecular weight excluding hydrogens is 313 g/mol. The molecule has 0 unspecified atom stereocenters. The van der Waals surface area contributed by atoms with Crippen molar-refractivity contribution in [1.82, 2.24) is 0 Å². The molecule has 0 amide bonds. The number of carbonyl (C=O) groups excluding carboxylic acids is 1. The Labute approximate surface area is 132 Å². The Bertz CT molecular complexity index is 654. The van der Waals surface area contributed by atoms with Gasteiger partial charge in [0.25, 0.3) is 0 Å². The van der Waals surface area contributed by atoms with Crippen LogP contribution in [-0.2, 0) is 4.74 Å². The van der Waals surface area contributed by atoms with Gasteiger partial charge in [0.2, 0.25) is 0 Å². The first kappa shape index (κ1) is 15.5. The second-order valence-corrected chi connectivity index (χ2v) is 5.05. The third-order valence-electron chi connectivity index (χ3n) is 2.58. The van der Waals surface area contributed by atoms with Crippen LogP contribution in [0.4, 0.5) is 5.69 Å². The van der Waals surface area contributed by atoms with Crippen LogP contribution in [0.5, 0.6) is 11.5 Å². The van der Waals surface area contributed by atoms with Crippen molar-refractivity contribution in [3.05, 3.63) is 52.0 Å². The van der Waals surface area contributed by atoms with Crippen LogP contribution in [-0.4, -0.2) is 12.6 Å². The standard InChI is InChI=1S/C15H13Cl2NO3/c1-2-20-15(19)9-3-4-14(13(18)5-9)21-12-7-10(16)6-11(17)8-12/h3-8H,2,18H2,1H3. The number of rotatable bonds is 4. The SMILES string of the molecule is CCOC(=O)c1ccc(Oc2cc(Cl)cc(Cl)c2)c(N)c1. The van der Waals surface area contributed by atoms with Crippen LogP contribution < -0.4 is 10.5 Å². The first-order chi connectivity index (χ1) is 9.99. The molecule has 0 atom stereocenters. The molecular formula is C15H13Cl2NO3. The van der Waals surface area contributed by atoms with E-state index in [4.69, 9.17) is 38.4 Å². The summed E-state index contributed by atoms with van der Waals surface area (Å²) in [6.45, 7) is 2.04. The van der Waals surface area contributed by atoms with Gasteiger partial charge in [0.1, 0.15) is 11.5 Å². The first-order valence-corrected chi connectivity index (χ1v) is 6.95. The molecule has 0 saturated carbocycles. The minimum Gasteiger partial charge on any atom is -0.462 e. The highest BCUT2D eigenvalue weighted by molar-refractivity contribution is 6.34. The fourth-order valence-corrected chi connectivity index (χ4v) is 2.20. The van der Waals surface area contributed by atoms with E-state index in [0.29, 0.717) is 39.4 Å². The van der Waals surface area contributed by atoms with E-state index in [1.54, 1.807) is 37.3 Å². The Morgan fingerprint density at radius 3 is 2.38 bits per heavy atom. The number of esters is 1. The fraction of sp³-hybridized carbons (Fsp3) is 0.133. The van der Waals surface area contributed by atoms with E-state index in [1.165, 1.54) is 6.07 Å². The van der Waals surface area contributed by atoms with E-state index in [1.807, 2.05) is 0 Å². The molecule has 0 fully saturated rings. The highest BCUT2D eigenvalue weighted by atomic mass is 35.5. The molecule has 2 rings (SSSR count). The van der Waals surface area contributed by atoms with E-state index in [0.717, 1.165) is 0 Å². The summed E-state index contributed by atoms with van der Waals surface area (Å²) in [6.07, 6.45) is 0. The summed E-state index contributed by atoms with van der Waals surface area (Å²) in [5.74, 6) is 0.436. The summed E-state index contributed by atoms with van der Waals surface area (Å²) in [7, 11) is 0. The van der Waals surface area contributed by atoms with Gasteiger partial charge in [-0.2, -0.15) is 0 Å². The molecule has 0 aliphatic carbocycles. The Hall–Kier alpha value is -1.91. The molecule has 0 bridgehead atoms. The van der Waals surface area contributed by atoms with Crippen LogP contribution in [0, 0.1) is 0 Å². The van der Waals surface area contributed by atoms with E-state index in [9.17, 15) is 4.79 Å². The molecule has 0 spiro atoms. The minimum absolute atomic E-state index is 0.304. The third kappa shape index (κ3) is 4.03. The number of hydrogen-bond acceptors (Lipinski definition) is 4. The van der Waals surface area contributed by atoms with Crippen LogP contribution in [0.1, 0.15) is 17.3 Å². The highest BCUT2D eigenvalue weighted by Gasteiger charge is 2.10. The zero-order chi connectivity index (χ0) is 15.4. The predicted octanol–water partition coefficient (Wildman–Crippen LogP) is 4.54. The summed E-state index contributed by atoms with van der Waals surface area (Å²) in [5, 5.41) is 0.915. The Balaban J connectivity index is 2.23. The average molecular weight is 326 g/mol. The first-order valence-electron chi connectivity index (χ1n) is 6.20. The van der Waals surface area contributed by atoms with E-state index < -0.39 is 5.97 Å². The summed E-state index contributed by atoms with van der Waals surface area (Å²) in [5.41, 5.74) is 6.56. The smallest absolute Gasteiger partial charge is 0.338 e. The molecule has 2 aromatic carbocycles. The van der Waals surface area contributed by atoms with Gasteiger partial charge in [0, 0.05) is 10.0 Å². The van der Waals surface area contributed by atoms with Crippen LogP contribution in [0.3, 0.4) is 0 Å². The zero-order valence-electron chi connectivity index (χ0n) is 11.2. The molecule has 2 aromatic rings. The average Bonchev–Trinajstić information content (AvgIpc) is 2.40. The summed E-state index contributed by atoms with van der Waals surface area (Å²) in [6, 6.07) is 9.51. The maximum absolute atomic E-state index is 11.6. The summed E-state index contributed by atoms with van der Waals surface area (Å²) in [4.78, 5) is 11.6. The topological polar surface area (TPSA) is 61.5 Å². The van der Waals surface area contributed by atoms with Crippen LogP contribution in [0.25, 0.3) is 0 Å². The van der Waals surface area contributed by atoms with Crippen molar-refractivity contribution >= 4 is 34.9 Å². The number of carbonyl (C=O) groups is 1. The van der Waals surface area contributed by atoms with Crippen molar-refractivity contribution in [2.75, 3.05) is 12.3 Å². The van der Waals surface area contributed by atoms with Gasteiger partial charge in [-0.05, 0) is 43.3 Å². The minimum atomic E-state index is -0.429. The zero-order valence-corrected chi connectivity index (χ0v) is 12.7. The van der Waals surface area contributed by atoms with Gasteiger partial charge in [-0.1, -0.05) is 23.2 Å². The van der Waals surface area contributed by atoms with Crippen molar-refractivity contribution in [1.29, 1.82) is 0 Å². The lowest BCUT2D eigenvalue weighted by Crippen LogP contribution is -2.05. The maximum atomic E-state index is 11.6. The number of nitrogens with two attached hydrogens (primary N) is 1. The van der Waals surface area contributed by atoms with Gasteiger partial charge >= 0.3 is 5.97 Å². The lowest BCUT2D eigenvalue weighted by molar-refractivity contribution is 0.0526. The summed E-state index contributed by atoms with van der Waals surface area (Å²) >= 11 is 11.8. The monoisotopic (exact) mass is 325 g/mol. The van der Waals surface area contributed by atoms with Crippen molar-refractivity contribution in [3.63, 3.8) is 0 Å². The molecule has 4 nitrogen and oxygen atoms in total. The molecule has 0 aromatic heterocycles. The van der Waals surface area contributed by atoms with Crippen LogP contribution >= 0.6 is 23.2 Å². The molecule has 0 aliphatic heterocycles. The van der Waals surface area contributed by atoms with Gasteiger partial charge < -0.3 is 15.2 Å². The number of benzene rings is 2. The lowest BCUT2D eigenvalue weighted by atomic mass is 10.2. The molecule has 0 radical (unpaired) electrons. The molecule has 6 heteroatoms. The number of anilines is 1. The second-order valence-electron chi connectivity index (χ2n) is 4.18. The quantitative estimate of drug-likeness (QED) is 0.662. The van der Waals surface area contributed by atoms with Gasteiger partial charge in [-0.25, -0.2) is 4.79 Å². The van der Waals surface area contributed by atoms with E-state index in [2.05, 4.69) is 0 Å². The number of nitrogen functional groups attached to an aromatic ring is 1. The maximum Gasteiger partial charge on any atom is 0.338 e. The van der Waals surface area contributed by atoms with Crippen LogP contribution in [0.2, 0.25) is 10.0 Å². The number of hydrogen-bond donors (Lipinski definition) is 1. The largest absolute Gasteiger partial charge is 0.462 e. The number of halogens is 2. The molecule has 2 N–H and O–H groups in total. The second kappa shape index (κ2) is 6.70. The molecule has 0 heterocycles. The number of ether oxygens (including phenoxy) is 2. The van der Waals surface area contributed by atoms with Gasteiger partial charge in [0.05, 0.1) is 17.9 Å². The molecule has 0 saturated heterocycles. The van der Waals surface area contributed by atoms with Crippen LogP contribution in [0.15, 0.2) is 36.4 Å². The molecule has 21 heavy (non-hydrogen) atoms. The summed E-state index contributed by atoms with van der Waals surface area (Å²) < 4.78 is 10.5. The van der Waals surface area contributed by atoms with Crippen molar-refractivity contribution in [2.24, 2.45) is 0 Å². The lowest BCUT2D eigenvalue weighted by Gasteiger charge is -2.10. The predicted molar refractivity (Wildman–Crippen MR) is 83.3 cm³/mol. The van der Waals surface area contributed by atoms with Gasteiger partial charge in [-0.3, -0.25) is 0 Å². The van der Waals surface area contributed by atoms with Crippen molar-refractivity contribution < 1.29 is 14.3 Å². The fourth-order valence-electron chi connectivity index (χ4n) is 1.70. The molecule has 110 valence electrons. The molecule has 0 aliphatic rings. The third-order valence-corrected chi connectivity index (χ3v) is 3.02. The van der Waals surface area contributed by atoms with Crippen molar-refractivity contribution in [2.45, 2.75) is 6.92 Å². The van der Waals surface area contributed by atoms with Gasteiger partial charge in [-0.15, -0.1) is 0 Å². The van der Waals surface area contributed by atoms with Gasteiger partial charge in [0.15, 0.2) is 0 Å². The highest BCUT2D eigenvalue weighted by Crippen LogP contribution is 2.31.